The molecule has 5 heteroatoms. The molecule has 3 N–H and O–H groups in total. The van der Waals surface area contributed by atoms with Crippen molar-refractivity contribution in [3.63, 3.8) is 0 Å². The van der Waals surface area contributed by atoms with Gasteiger partial charge in [0.1, 0.15) is 5.15 Å². The fraction of sp³-hybridized carbons (Fsp3) is 0.571. The zero-order chi connectivity index (χ0) is 9.14. The lowest BCUT2D eigenvalue weighted by Gasteiger charge is -2.05. The Balaban J connectivity index is 2.69. The molecule has 0 radical (unpaired) electrons. The number of rotatable bonds is 3. The number of halogens is 1. The van der Waals surface area contributed by atoms with Crippen LogP contribution >= 0.6 is 11.6 Å². The van der Waals surface area contributed by atoms with E-state index in [0.29, 0.717) is 11.6 Å². The molecule has 0 aliphatic rings. The molecular weight excluding hydrogens is 178 g/mol. The highest BCUT2D eigenvalue weighted by molar-refractivity contribution is 6.30. The zero-order valence-corrected chi connectivity index (χ0v) is 7.62. The van der Waals surface area contributed by atoms with Crippen LogP contribution in [-0.2, 0) is 13.5 Å². The minimum Gasteiger partial charge on any atom is -0.395 e. The number of imidazole rings is 1. The Labute approximate surface area is 76.0 Å². The molecule has 0 aromatic carbocycles. The van der Waals surface area contributed by atoms with E-state index in [1.54, 1.807) is 10.9 Å². The summed E-state index contributed by atoms with van der Waals surface area (Å²) in [5.74, 6) is 0. The third-order valence-corrected chi connectivity index (χ3v) is 2.11. The Bertz CT molecular complexity index is 261. The van der Waals surface area contributed by atoms with Gasteiger partial charge in [0, 0.05) is 19.5 Å². The molecule has 1 aromatic rings. The van der Waals surface area contributed by atoms with Crippen LogP contribution in [0.3, 0.4) is 0 Å². The van der Waals surface area contributed by atoms with Gasteiger partial charge < -0.3 is 15.4 Å². The van der Waals surface area contributed by atoms with Crippen molar-refractivity contribution in [2.24, 2.45) is 12.8 Å². The van der Waals surface area contributed by atoms with Gasteiger partial charge in [-0.05, 0) is 0 Å². The standard InChI is InChI=1S/C7H12ClN3O/c1-11-4-10-6(7(11)8)2-5(9)3-12/h4-5,12H,2-3,9H2,1H3/t5-/m1/s1. The highest BCUT2D eigenvalue weighted by Crippen LogP contribution is 2.13. The summed E-state index contributed by atoms with van der Waals surface area (Å²) in [6.07, 6.45) is 2.14. The van der Waals surface area contributed by atoms with E-state index in [4.69, 9.17) is 22.4 Å². The molecule has 0 unspecified atom stereocenters. The molecular formula is C7H12ClN3O. The van der Waals surface area contributed by atoms with Gasteiger partial charge in [-0.2, -0.15) is 0 Å². The average Bonchev–Trinajstić information content (AvgIpc) is 2.36. The molecule has 0 fully saturated rings. The second-order valence-corrected chi connectivity index (χ2v) is 3.10. The van der Waals surface area contributed by atoms with Gasteiger partial charge in [0.25, 0.3) is 0 Å². The predicted molar refractivity (Wildman–Crippen MR) is 47.0 cm³/mol. The van der Waals surface area contributed by atoms with E-state index in [0.717, 1.165) is 5.69 Å². The van der Waals surface area contributed by atoms with E-state index in [9.17, 15) is 0 Å². The maximum atomic E-state index is 8.69. The molecule has 0 aliphatic carbocycles. The van der Waals surface area contributed by atoms with Crippen LogP contribution in [0.4, 0.5) is 0 Å². The number of nitrogens with zero attached hydrogens (tertiary/aromatic N) is 2. The van der Waals surface area contributed by atoms with Crippen molar-refractivity contribution in [2.45, 2.75) is 12.5 Å². The van der Waals surface area contributed by atoms with Crippen molar-refractivity contribution < 1.29 is 5.11 Å². The summed E-state index contributed by atoms with van der Waals surface area (Å²) in [6, 6.07) is -0.280. The molecule has 1 heterocycles. The highest BCUT2D eigenvalue weighted by atomic mass is 35.5. The molecule has 12 heavy (non-hydrogen) atoms. The first-order valence-corrected chi connectivity index (χ1v) is 4.05. The summed E-state index contributed by atoms with van der Waals surface area (Å²) in [4.78, 5) is 4.04. The highest BCUT2D eigenvalue weighted by Gasteiger charge is 2.09. The van der Waals surface area contributed by atoms with Crippen LogP contribution in [0.25, 0.3) is 0 Å². The molecule has 0 spiro atoms. The molecule has 0 saturated heterocycles. The smallest absolute Gasteiger partial charge is 0.131 e. The van der Waals surface area contributed by atoms with Crippen molar-refractivity contribution in [3.05, 3.63) is 17.2 Å². The van der Waals surface area contributed by atoms with Crippen molar-refractivity contribution in [3.8, 4) is 0 Å². The van der Waals surface area contributed by atoms with Crippen LogP contribution in [-0.4, -0.2) is 27.3 Å². The molecule has 0 amide bonds. The first-order valence-electron chi connectivity index (χ1n) is 3.67. The zero-order valence-electron chi connectivity index (χ0n) is 6.87. The monoisotopic (exact) mass is 189 g/mol. The van der Waals surface area contributed by atoms with Crippen LogP contribution in [0, 0.1) is 0 Å². The van der Waals surface area contributed by atoms with E-state index in [1.165, 1.54) is 0 Å². The summed E-state index contributed by atoms with van der Waals surface area (Å²) in [7, 11) is 1.81. The van der Waals surface area contributed by atoms with Gasteiger partial charge in [0.05, 0.1) is 18.6 Å². The molecule has 4 nitrogen and oxygen atoms in total. The van der Waals surface area contributed by atoms with Gasteiger partial charge in [0.15, 0.2) is 0 Å². The third-order valence-electron chi connectivity index (χ3n) is 1.62. The summed E-state index contributed by atoms with van der Waals surface area (Å²) in [5.41, 5.74) is 6.26. The summed E-state index contributed by atoms with van der Waals surface area (Å²) in [6.45, 7) is -0.0487. The Kier molecular flexibility index (Phi) is 3.08. The number of hydrogen-bond acceptors (Lipinski definition) is 3. The van der Waals surface area contributed by atoms with E-state index >= 15 is 0 Å². The first kappa shape index (κ1) is 9.51. The lowest BCUT2D eigenvalue weighted by atomic mass is 10.2. The lowest BCUT2D eigenvalue weighted by Crippen LogP contribution is -2.27. The summed E-state index contributed by atoms with van der Waals surface area (Å²) in [5, 5.41) is 9.27. The lowest BCUT2D eigenvalue weighted by molar-refractivity contribution is 0.264. The molecule has 0 bridgehead atoms. The van der Waals surface area contributed by atoms with Crippen LogP contribution in [0.15, 0.2) is 6.33 Å². The van der Waals surface area contributed by atoms with Crippen molar-refractivity contribution in [2.75, 3.05) is 6.61 Å². The molecule has 1 rings (SSSR count). The van der Waals surface area contributed by atoms with Gasteiger partial charge in [-0.3, -0.25) is 0 Å². The van der Waals surface area contributed by atoms with Crippen LogP contribution in [0.2, 0.25) is 5.15 Å². The van der Waals surface area contributed by atoms with Gasteiger partial charge in [-0.15, -0.1) is 0 Å². The van der Waals surface area contributed by atoms with Gasteiger partial charge in [-0.1, -0.05) is 11.6 Å². The van der Waals surface area contributed by atoms with E-state index in [-0.39, 0.29) is 12.6 Å². The molecule has 0 saturated carbocycles. The number of aryl methyl sites for hydroxylation is 1. The minimum absolute atomic E-state index is 0.0487. The Hall–Kier alpha value is -0.580. The minimum atomic E-state index is -0.280. The second kappa shape index (κ2) is 3.89. The number of aliphatic hydroxyl groups is 1. The van der Waals surface area contributed by atoms with Gasteiger partial charge in [-0.25, -0.2) is 4.98 Å². The summed E-state index contributed by atoms with van der Waals surface area (Å²) < 4.78 is 1.71. The Morgan fingerprint density at radius 2 is 2.50 bits per heavy atom. The first-order chi connectivity index (χ1) is 5.65. The van der Waals surface area contributed by atoms with E-state index in [1.807, 2.05) is 7.05 Å². The van der Waals surface area contributed by atoms with Crippen molar-refractivity contribution in [1.82, 2.24) is 9.55 Å². The third kappa shape index (κ3) is 1.97. The summed E-state index contributed by atoms with van der Waals surface area (Å²) >= 11 is 5.87. The van der Waals surface area contributed by atoms with Crippen molar-refractivity contribution >= 4 is 11.6 Å². The maximum absolute atomic E-state index is 8.69. The topological polar surface area (TPSA) is 64.1 Å². The average molecular weight is 190 g/mol. The quantitative estimate of drug-likeness (QED) is 0.700. The largest absolute Gasteiger partial charge is 0.395 e. The van der Waals surface area contributed by atoms with Crippen LogP contribution in [0.5, 0.6) is 0 Å². The number of hydrogen-bond donors (Lipinski definition) is 2. The fourth-order valence-electron chi connectivity index (χ4n) is 0.914. The molecule has 0 aliphatic heterocycles. The van der Waals surface area contributed by atoms with Crippen LogP contribution < -0.4 is 5.73 Å². The SMILES string of the molecule is Cn1cnc(C[C@@H](N)CO)c1Cl. The normalized spacial score (nSPS) is 13.3. The van der Waals surface area contributed by atoms with E-state index in [2.05, 4.69) is 4.98 Å². The van der Waals surface area contributed by atoms with Crippen LogP contribution in [0.1, 0.15) is 5.69 Å². The maximum Gasteiger partial charge on any atom is 0.131 e. The number of nitrogens with two attached hydrogens (primary N) is 1. The van der Waals surface area contributed by atoms with E-state index < -0.39 is 0 Å². The van der Waals surface area contributed by atoms with Gasteiger partial charge >= 0.3 is 0 Å². The fourth-order valence-corrected chi connectivity index (χ4v) is 1.08. The number of aliphatic hydroxyl groups excluding tert-OH is 1. The Morgan fingerprint density at radius 3 is 2.92 bits per heavy atom. The molecule has 1 aromatic heterocycles. The van der Waals surface area contributed by atoms with Crippen molar-refractivity contribution in [1.29, 1.82) is 0 Å². The molecule has 1 atom stereocenters. The Morgan fingerprint density at radius 1 is 1.83 bits per heavy atom. The van der Waals surface area contributed by atoms with Gasteiger partial charge in [0.2, 0.25) is 0 Å². The number of aromatic nitrogens is 2. The molecule has 68 valence electrons. The predicted octanol–water partition coefficient (Wildman–Crippen LogP) is -0.0644. The second-order valence-electron chi connectivity index (χ2n) is 2.74.